The van der Waals surface area contributed by atoms with E-state index in [2.05, 4.69) is 248 Å². The summed E-state index contributed by atoms with van der Waals surface area (Å²) in [5.41, 5.74) is 18.3. The average Bonchev–Trinajstić information content (AvgIpc) is 2.91. The molecule has 0 N–H and O–H groups in total. The molecule has 0 atom stereocenters. The Kier molecular flexibility index (Phi) is 20.5. The third-order valence-corrected chi connectivity index (χ3v) is 18.4. The van der Waals surface area contributed by atoms with E-state index in [0.29, 0.717) is 5.56 Å². The van der Waals surface area contributed by atoms with Crippen molar-refractivity contribution in [3.63, 3.8) is 0 Å². The monoisotopic (exact) mass is 1140 g/mol. The summed E-state index contributed by atoms with van der Waals surface area (Å²) in [6.07, 6.45) is 0. The number of fused-ring (bicyclic) bond motifs is 6. The maximum absolute atomic E-state index is 14.2. The second kappa shape index (κ2) is 28.9. The normalized spacial score (nSPS) is 10.7. The molecule has 4 heteroatoms. The Labute approximate surface area is 508 Å². The van der Waals surface area contributed by atoms with Crippen LogP contribution in [0.5, 0.6) is 0 Å². The van der Waals surface area contributed by atoms with Gasteiger partial charge in [0.1, 0.15) is 17.0 Å². The Morgan fingerprint density at radius 1 is 0.329 bits per heavy atom. The number of para-hydroxylation sites is 2. The van der Waals surface area contributed by atoms with E-state index in [0.717, 1.165) is 33.4 Å². The van der Waals surface area contributed by atoms with Crippen LogP contribution >= 0.6 is 11.3 Å². The highest BCUT2D eigenvalue weighted by molar-refractivity contribution is 7.26. The van der Waals surface area contributed by atoms with Crippen LogP contribution in [0, 0.1) is 47.4 Å². The maximum atomic E-state index is 14.2. The van der Waals surface area contributed by atoms with Gasteiger partial charge in [-0.1, -0.05) is 303 Å². The highest BCUT2D eigenvalue weighted by atomic mass is 32.1. The Morgan fingerprint density at radius 2 is 0.765 bits per heavy atom. The van der Waals surface area contributed by atoms with Gasteiger partial charge in [-0.2, -0.15) is 0 Å². The van der Waals surface area contributed by atoms with Crippen LogP contribution in [-0.2, 0) is 0 Å². The minimum absolute atomic E-state index is 0.162. The van der Waals surface area contributed by atoms with E-state index in [1.807, 2.05) is 109 Å². The highest BCUT2D eigenvalue weighted by Gasteiger charge is 2.15. The van der Waals surface area contributed by atoms with Crippen molar-refractivity contribution in [2.24, 2.45) is 0 Å². The van der Waals surface area contributed by atoms with Gasteiger partial charge < -0.3 is 4.42 Å². The first kappa shape index (κ1) is 60.4. The Morgan fingerprint density at radius 3 is 1.35 bits per heavy atom. The van der Waals surface area contributed by atoms with Crippen molar-refractivity contribution in [3.05, 3.63) is 330 Å². The van der Waals surface area contributed by atoms with E-state index in [9.17, 15) is 4.39 Å². The number of thiophene rings is 1. The Hall–Kier alpha value is -9.19. The molecular weight excluding hydrogens is 1070 g/mol. The molecule has 0 unspecified atom stereocenters. The lowest BCUT2D eigenvalue weighted by Gasteiger charge is -2.16. The number of benzene rings is 12. The molecule has 0 aliphatic heterocycles. The van der Waals surface area contributed by atoms with Crippen LogP contribution in [0.1, 0.15) is 33.4 Å². The zero-order valence-corrected chi connectivity index (χ0v) is 52.2. The molecule has 2 aromatic heterocycles. The van der Waals surface area contributed by atoms with E-state index in [1.54, 1.807) is 11.3 Å². The van der Waals surface area contributed by atoms with Gasteiger partial charge in [0, 0.05) is 30.9 Å². The minimum Gasteiger partial charge on any atom is -0.456 e. The first-order chi connectivity index (χ1) is 41.2. The fourth-order valence-electron chi connectivity index (χ4n) is 10.1. The Balaban J connectivity index is 0.000000123. The predicted molar refractivity (Wildman–Crippen MR) is 372 cm³/mol. The van der Waals surface area contributed by atoms with Crippen molar-refractivity contribution >= 4 is 66.7 Å². The molecule has 14 aromatic rings. The van der Waals surface area contributed by atoms with E-state index in [-0.39, 0.29) is 5.82 Å². The number of hydrogen-bond donors (Lipinski definition) is 0. The van der Waals surface area contributed by atoms with Crippen molar-refractivity contribution in [1.29, 1.82) is 0 Å². The van der Waals surface area contributed by atoms with Crippen molar-refractivity contribution < 1.29 is 8.81 Å². The summed E-state index contributed by atoms with van der Waals surface area (Å²) in [5.74, 6) is -0.162. The fraction of sp³-hybridized carbons (Fsp3) is 0.111. The van der Waals surface area contributed by atoms with E-state index in [4.69, 9.17) is 4.42 Å². The summed E-state index contributed by atoms with van der Waals surface area (Å²) < 4.78 is 22.8. The molecule has 0 fully saturated rings. The van der Waals surface area contributed by atoms with Crippen LogP contribution in [0.4, 0.5) is 4.39 Å². The zero-order valence-electron chi connectivity index (χ0n) is 50.4. The quantitative estimate of drug-likeness (QED) is 0.157. The summed E-state index contributed by atoms with van der Waals surface area (Å²) in [4.78, 5) is 0. The SMILES string of the molecule is Cc1c(F)cc(-c2ccccc2)cc1-c1ccccc1.Cc1ccc(-c2ccccc2)cc1.Cc1ccc([Si](C)(C)C)cc1.Cc1cccc2c1oc1ccccc12.Cc1cccc2c1sc1ccccc12.Cc1ccccc1-c1ccccc1. The van der Waals surface area contributed by atoms with Crippen LogP contribution in [0.2, 0.25) is 19.6 Å². The molecule has 0 aliphatic carbocycles. The molecule has 0 amide bonds. The van der Waals surface area contributed by atoms with Crippen molar-refractivity contribution in [3.8, 4) is 44.5 Å². The summed E-state index contributed by atoms with van der Waals surface area (Å²) in [6, 6.07) is 99.9. The molecule has 2 heterocycles. The summed E-state index contributed by atoms with van der Waals surface area (Å²) in [7, 11) is -1.06. The van der Waals surface area contributed by atoms with Gasteiger partial charge in [-0.3, -0.25) is 0 Å². The standard InChI is InChI=1S/C19H15F.C13H10O.C13H10S.2C13H12.C10H16Si/c1-14-18(16-10-6-3-7-11-16)12-17(13-19(14)20)15-8-4-2-5-9-15;2*1-9-5-4-7-11-10-6-2-3-8-12(10)14-13(9)11;1-11-7-5-6-10-13(11)12-8-3-2-4-9-12;1-11-7-9-13(10-8-11)12-5-3-2-4-6-12;1-9-5-7-10(8-6-9)11(2,3)4/h2-13H,1H3;2*2-8H,1H3;2*2-10H,1H3;5-8H,1-4H3. The molecule has 14 rings (SSSR count). The van der Waals surface area contributed by atoms with Crippen LogP contribution in [-0.4, -0.2) is 8.07 Å². The van der Waals surface area contributed by atoms with Crippen LogP contribution in [0.3, 0.4) is 0 Å². The molecule has 1 nitrogen and oxygen atoms in total. The van der Waals surface area contributed by atoms with E-state index >= 15 is 0 Å². The number of furan rings is 1. The number of halogens is 1. The summed E-state index contributed by atoms with van der Waals surface area (Å²) in [5, 5.41) is 6.73. The fourth-order valence-corrected chi connectivity index (χ4v) is 12.5. The molecule has 422 valence electrons. The molecule has 0 bridgehead atoms. The van der Waals surface area contributed by atoms with Crippen molar-refractivity contribution in [2.75, 3.05) is 0 Å². The number of hydrogen-bond acceptors (Lipinski definition) is 2. The summed E-state index contributed by atoms with van der Waals surface area (Å²) in [6.45, 7) is 19.6. The van der Waals surface area contributed by atoms with Crippen molar-refractivity contribution in [2.45, 2.75) is 61.2 Å². The molecule has 0 aliphatic rings. The van der Waals surface area contributed by atoms with Gasteiger partial charge in [-0.15, -0.1) is 11.3 Å². The largest absolute Gasteiger partial charge is 0.456 e. The lowest BCUT2D eigenvalue weighted by molar-refractivity contribution is 0.619. The van der Waals surface area contributed by atoms with Crippen LogP contribution < -0.4 is 5.19 Å². The topological polar surface area (TPSA) is 13.1 Å². The highest BCUT2D eigenvalue weighted by Crippen LogP contribution is 2.36. The van der Waals surface area contributed by atoms with Gasteiger partial charge in [0.25, 0.3) is 0 Å². The number of aryl methyl sites for hydroxylation is 5. The number of rotatable bonds is 5. The van der Waals surface area contributed by atoms with E-state index < -0.39 is 8.07 Å². The third kappa shape index (κ3) is 15.9. The first-order valence-electron chi connectivity index (χ1n) is 29.2. The van der Waals surface area contributed by atoms with Gasteiger partial charge in [0.15, 0.2) is 0 Å². The molecule has 85 heavy (non-hydrogen) atoms. The predicted octanol–water partition coefficient (Wildman–Crippen LogP) is 23.6. The molecule has 0 radical (unpaired) electrons. The molecule has 0 saturated carbocycles. The third-order valence-electron chi connectivity index (χ3n) is 15.0. The Bertz CT molecular complexity index is 4260. The van der Waals surface area contributed by atoms with Crippen molar-refractivity contribution in [1.82, 2.24) is 0 Å². The molecular formula is C81H75FOSSi. The van der Waals surface area contributed by atoms with E-state index in [1.165, 1.54) is 81.0 Å². The van der Waals surface area contributed by atoms with Gasteiger partial charge in [0.2, 0.25) is 0 Å². The van der Waals surface area contributed by atoms with Crippen LogP contribution in [0.25, 0.3) is 86.6 Å². The maximum Gasteiger partial charge on any atom is 0.138 e. The lowest BCUT2D eigenvalue weighted by Crippen LogP contribution is -2.37. The van der Waals surface area contributed by atoms with Gasteiger partial charge in [-0.05, 0) is 133 Å². The average molecular weight is 1140 g/mol. The first-order valence-corrected chi connectivity index (χ1v) is 33.5. The van der Waals surface area contributed by atoms with Gasteiger partial charge >= 0.3 is 0 Å². The second-order valence-corrected chi connectivity index (χ2v) is 28.6. The summed E-state index contributed by atoms with van der Waals surface area (Å²) >= 11 is 1.89. The van der Waals surface area contributed by atoms with Gasteiger partial charge in [-0.25, -0.2) is 4.39 Å². The second-order valence-electron chi connectivity index (χ2n) is 22.5. The van der Waals surface area contributed by atoms with Crippen LogP contribution in [0.15, 0.2) is 296 Å². The van der Waals surface area contributed by atoms with Gasteiger partial charge in [0.05, 0.1) is 8.07 Å². The smallest absolute Gasteiger partial charge is 0.138 e. The molecule has 12 aromatic carbocycles. The molecule has 0 saturated heterocycles. The lowest BCUT2D eigenvalue weighted by atomic mass is 9.95. The zero-order chi connectivity index (χ0) is 59.7. The minimum atomic E-state index is -1.06. The molecule has 0 spiro atoms.